The van der Waals surface area contributed by atoms with Crippen molar-refractivity contribution in [3.05, 3.63) is 0 Å². The molecular formula is C22H42N2O5. The molecule has 0 spiro atoms. The van der Waals surface area contributed by atoms with Gasteiger partial charge in [0.1, 0.15) is 6.10 Å². The maximum Gasteiger partial charge on any atom is 0.222 e. The summed E-state index contributed by atoms with van der Waals surface area (Å²) in [5.41, 5.74) is 5.96. The third kappa shape index (κ3) is 7.17. The van der Waals surface area contributed by atoms with E-state index in [1.165, 1.54) is 0 Å². The lowest BCUT2D eigenvalue weighted by Gasteiger charge is -2.42. The van der Waals surface area contributed by atoms with Gasteiger partial charge in [0.25, 0.3) is 0 Å². The van der Waals surface area contributed by atoms with Gasteiger partial charge in [0.2, 0.25) is 5.91 Å². The molecule has 0 aromatic carbocycles. The summed E-state index contributed by atoms with van der Waals surface area (Å²) in [4.78, 5) is 12.2. The van der Waals surface area contributed by atoms with Crippen LogP contribution in [0.3, 0.4) is 0 Å². The van der Waals surface area contributed by atoms with Crippen LogP contribution in [-0.4, -0.2) is 59.4 Å². The second-order valence-corrected chi connectivity index (χ2v) is 9.37. The van der Waals surface area contributed by atoms with E-state index in [1.54, 1.807) is 6.92 Å². The third-order valence-corrected chi connectivity index (χ3v) is 6.70. The first-order valence-corrected chi connectivity index (χ1v) is 11.4. The molecule has 7 heteroatoms. The zero-order valence-corrected chi connectivity index (χ0v) is 18.5. The topological polar surface area (TPSA) is 114 Å². The van der Waals surface area contributed by atoms with Crippen molar-refractivity contribution >= 4 is 5.91 Å². The molecule has 29 heavy (non-hydrogen) atoms. The summed E-state index contributed by atoms with van der Waals surface area (Å²) in [5.74, 6) is 1.03. The number of nitrogens with two attached hydrogens (primary N) is 1. The molecule has 2 rings (SSSR count). The molecular weight excluding hydrogens is 372 g/mol. The van der Waals surface area contributed by atoms with Crippen LogP contribution in [0, 0.1) is 17.8 Å². The minimum absolute atomic E-state index is 0.0655. The van der Waals surface area contributed by atoms with E-state index in [4.69, 9.17) is 15.2 Å². The standard InChI is InChI=1S/C22H42N2O5/c1-13-7-5-8-15(3)21(27)24-12-6-9-14(2)17(11-10-13)29-22-20(26)18(23)19(25)16(4)28-22/h13-20,22,25-26H,5-12,23H2,1-4H3,(H,24,27)/t13-,14+,15-,16+,17-,18-,19+,20+,22+/m0/s1. The van der Waals surface area contributed by atoms with Crippen LogP contribution in [-0.2, 0) is 14.3 Å². The number of hydrogen-bond donors (Lipinski definition) is 4. The van der Waals surface area contributed by atoms with Crippen LogP contribution in [0.5, 0.6) is 0 Å². The van der Waals surface area contributed by atoms with Crippen LogP contribution in [0.1, 0.15) is 72.6 Å². The van der Waals surface area contributed by atoms with Gasteiger partial charge in [0, 0.05) is 12.5 Å². The van der Waals surface area contributed by atoms with E-state index in [0.29, 0.717) is 12.5 Å². The van der Waals surface area contributed by atoms with E-state index in [-0.39, 0.29) is 23.8 Å². The van der Waals surface area contributed by atoms with Gasteiger partial charge in [0.15, 0.2) is 6.29 Å². The smallest absolute Gasteiger partial charge is 0.222 e. The van der Waals surface area contributed by atoms with Crippen molar-refractivity contribution in [1.82, 2.24) is 5.32 Å². The Morgan fingerprint density at radius 3 is 2.45 bits per heavy atom. The average molecular weight is 415 g/mol. The Kier molecular flexibility index (Phi) is 9.82. The molecule has 0 saturated carbocycles. The fraction of sp³-hybridized carbons (Fsp3) is 0.955. The fourth-order valence-electron chi connectivity index (χ4n) is 4.33. The van der Waals surface area contributed by atoms with Gasteiger partial charge in [-0.2, -0.15) is 0 Å². The Morgan fingerprint density at radius 2 is 1.72 bits per heavy atom. The van der Waals surface area contributed by atoms with Gasteiger partial charge in [-0.3, -0.25) is 4.79 Å². The van der Waals surface area contributed by atoms with Gasteiger partial charge >= 0.3 is 0 Å². The molecule has 0 bridgehead atoms. The molecule has 2 fully saturated rings. The number of carbonyl (C=O) groups excluding carboxylic acids is 1. The lowest BCUT2D eigenvalue weighted by molar-refractivity contribution is -0.286. The van der Waals surface area contributed by atoms with E-state index < -0.39 is 30.6 Å². The van der Waals surface area contributed by atoms with Gasteiger partial charge < -0.3 is 30.7 Å². The number of rotatable bonds is 2. The number of amides is 1. The van der Waals surface area contributed by atoms with Crippen LogP contribution in [0.2, 0.25) is 0 Å². The van der Waals surface area contributed by atoms with Crippen molar-refractivity contribution < 1.29 is 24.5 Å². The van der Waals surface area contributed by atoms with Crippen LogP contribution in [0.4, 0.5) is 0 Å². The highest BCUT2D eigenvalue weighted by atomic mass is 16.7. The average Bonchev–Trinajstić information content (AvgIpc) is 2.69. The molecule has 0 unspecified atom stereocenters. The zero-order valence-electron chi connectivity index (χ0n) is 18.5. The first-order valence-electron chi connectivity index (χ1n) is 11.4. The SMILES string of the molecule is C[C@H]1CCC[C@H](C)C(=O)NCCC[C@@H](C)[C@@H](O[C@H]2O[C@H](C)[C@@H](O)[C@H](N)[C@H]2O)CC1. The van der Waals surface area contributed by atoms with Crippen molar-refractivity contribution in [2.75, 3.05) is 6.54 Å². The van der Waals surface area contributed by atoms with Crippen molar-refractivity contribution in [1.29, 1.82) is 0 Å². The van der Waals surface area contributed by atoms with E-state index in [0.717, 1.165) is 44.9 Å². The molecule has 2 heterocycles. The zero-order chi connectivity index (χ0) is 21.6. The summed E-state index contributed by atoms with van der Waals surface area (Å²) in [7, 11) is 0. The molecule has 2 saturated heterocycles. The Balaban J connectivity index is 2.01. The van der Waals surface area contributed by atoms with Crippen molar-refractivity contribution in [3.8, 4) is 0 Å². The van der Waals surface area contributed by atoms with Crippen molar-refractivity contribution in [2.24, 2.45) is 23.5 Å². The lowest BCUT2D eigenvalue weighted by atomic mass is 9.89. The maximum atomic E-state index is 12.2. The van der Waals surface area contributed by atoms with Gasteiger partial charge in [-0.15, -0.1) is 0 Å². The van der Waals surface area contributed by atoms with Crippen LogP contribution >= 0.6 is 0 Å². The van der Waals surface area contributed by atoms with E-state index in [1.807, 2.05) is 6.92 Å². The third-order valence-electron chi connectivity index (χ3n) is 6.70. The highest BCUT2D eigenvalue weighted by Gasteiger charge is 2.42. The maximum absolute atomic E-state index is 12.2. The Hall–Kier alpha value is -0.730. The van der Waals surface area contributed by atoms with Crippen LogP contribution < -0.4 is 11.1 Å². The predicted octanol–water partition coefficient (Wildman–Crippen LogP) is 1.93. The number of hydrogen-bond acceptors (Lipinski definition) is 6. The number of aliphatic hydroxyl groups is 2. The summed E-state index contributed by atoms with van der Waals surface area (Å²) in [6, 6.07) is -0.784. The quantitative estimate of drug-likeness (QED) is 0.549. The molecule has 170 valence electrons. The van der Waals surface area contributed by atoms with Crippen molar-refractivity contribution in [3.63, 3.8) is 0 Å². The molecule has 0 aromatic rings. The summed E-state index contributed by atoms with van der Waals surface area (Å²) in [5, 5.41) is 23.5. The highest BCUT2D eigenvalue weighted by Crippen LogP contribution is 2.28. The van der Waals surface area contributed by atoms with E-state index in [9.17, 15) is 15.0 Å². The number of carbonyl (C=O) groups is 1. The second kappa shape index (κ2) is 11.6. The second-order valence-electron chi connectivity index (χ2n) is 9.37. The normalized spacial score (nSPS) is 44.0. The van der Waals surface area contributed by atoms with E-state index in [2.05, 4.69) is 19.2 Å². The Labute approximate surface area is 175 Å². The van der Waals surface area contributed by atoms with E-state index >= 15 is 0 Å². The van der Waals surface area contributed by atoms with Gasteiger partial charge in [-0.05, 0) is 50.9 Å². The Bertz CT molecular complexity index is 506. The summed E-state index contributed by atoms with van der Waals surface area (Å²) in [6.07, 6.45) is 3.45. The minimum Gasteiger partial charge on any atom is -0.389 e. The highest BCUT2D eigenvalue weighted by molar-refractivity contribution is 5.78. The van der Waals surface area contributed by atoms with Gasteiger partial charge in [-0.25, -0.2) is 0 Å². The number of ether oxygens (including phenoxy) is 2. The summed E-state index contributed by atoms with van der Waals surface area (Å²) in [6.45, 7) is 8.83. The summed E-state index contributed by atoms with van der Waals surface area (Å²) >= 11 is 0. The van der Waals surface area contributed by atoms with Crippen LogP contribution in [0.25, 0.3) is 0 Å². The molecule has 9 atom stereocenters. The molecule has 2 aliphatic heterocycles. The first kappa shape index (κ1) is 24.5. The number of aliphatic hydroxyl groups excluding tert-OH is 2. The largest absolute Gasteiger partial charge is 0.389 e. The summed E-state index contributed by atoms with van der Waals surface area (Å²) < 4.78 is 12.0. The minimum atomic E-state index is -1.06. The molecule has 7 nitrogen and oxygen atoms in total. The number of nitrogens with one attached hydrogen (secondary N) is 1. The monoisotopic (exact) mass is 414 g/mol. The molecule has 2 aliphatic rings. The van der Waals surface area contributed by atoms with Crippen LogP contribution in [0.15, 0.2) is 0 Å². The van der Waals surface area contributed by atoms with Crippen molar-refractivity contribution in [2.45, 2.75) is 109 Å². The fourth-order valence-corrected chi connectivity index (χ4v) is 4.33. The lowest BCUT2D eigenvalue weighted by Crippen LogP contribution is -2.61. The van der Waals surface area contributed by atoms with Gasteiger partial charge in [0.05, 0.1) is 24.4 Å². The Morgan fingerprint density at radius 1 is 1.00 bits per heavy atom. The predicted molar refractivity (Wildman–Crippen MR) is 112 cm³/mol. The molecule has 0 aromatic heterocycles. The molecule has 0 aliphatic carbocycles. The van der Waals surface area contributed by atoms with Gasteiger partial charge in [-0.1, -0.05) is 33.6 Å². The molecule has 0 radical (unpaired) electrons. The first-order chi connectivity index (χ1) is 13.7. The molecule has 5 N–H and O–H groups in total. The molecule has 1 amide bonds.